The SMILES string of the molecule is CCN(C(=O)CC(C)C#N)C12CC3CC(CC(C3)C1)C2. The Morgan fingerprint density at radius 3 is 2.15 bits per heavy atom. The minimum Gasteiger partial charge on any atom is -0.337 e. The number of rotatable bonds is 4. The van der Waals surface area contributed by atoms with Crippen LogP contribution in [0.25, 0.3) is 0 Å². The lowest BCUT2D eigenvalue weighted by Gasteiger charge is -2.60. The van der Waals surface area contributed by atoms with Gasteiger partial charge in [-0.1, -0.05) is 0 Å². The van der Waals surface area contributed by atoms with E-state index in [1.807, 2.05) is 6.92 Å². The fraction of sp³-hybridized carbons (Fsp3) is 0.882. The van der Waals surface area contributed by atoms with Gasteiger partial charge in [0.25, 0.3) is 0 Å². The van der Waals surface area contributed by atoms with Gasteiger partial charge in [-0.25, -0.2) is 0 Å². The van der Waals surface area contributed by atoms with Crippen LogP contribution >= 0.6 is 0 Å². The molecular weight excluding hydrogens is 248 g/mol. The standard InChI is InChI=1S/C17H26N2O/c1-3-19(16(20)4-12(2)11-18)17-8-13-5-14(9-17)7-15(6-13)10-17/h12-15H,3-10H2,1-2H3. The van der Waals surface area contributed by atoms with E-state index in [4.69, 9.17) is 5.26 Å². The maximum Gasteiger partial charge on any atom is 0.224 e. The van der Waals surface area contributed by atoms with Crippen molar-refractivity contribution in [3.8, 4) is 6.07 Å². The van der Waals surface area contributed by atoms with Crippen LogP contribution in [-0.2, 0) is 4.79 Å². The molecule has 0 N–H and O–H groups in total. The minimum absolute atomic E-state index is 0.149. The van der Waals surface area contributed by atoms with Gasteiger partial charge in [-0.2, -0.15) is 5.26 Å². The summed E-state index contributed by atoms with van der Waals surface area (Å²) in [5.74, 6) is 2.62. The van der Waals surface area contributed by atoms with Gasteiger partial charge in [0, 0.05) is 18.5 Å². The van der Waals surface area contributed by atoms with Gasteiger partial charge in [0.2, 0.25) is 5.91 Å². The van der Waals surface area contributed by atoms with Gasteiger partial charge in [-0.15, -0.1) is 0 Å². The number of carbonyl (C=O) groups excluding carboxylic acids is 1. The first kappa shape index (κ1) is 13.9. The maximum atomic E-state index is 12.6. The molecule has 20 heavy (non-hydrogen) atoms. The number of hydrogen-bond acceptors (Lipinski definition) is 2. The van der Waals surface area contributed by atoms with Crippen molar-refractivity contribution in [2.24, 2.45) is 23.7 Å². The Balaban J connectivity index is 1.79. The fourth-order valence-electron chi connectivity index (χ4n) is 5.59. The van der Waals surface area contributed by atoms with Crippen molar-refractivity contribution in [1.29, 1.82) is 5.26 Å². The monoisotopic (exact) mass is 274 g/mol. The third-order valence-electron chi connectivity index (χ3n) is 5.90. The van der Waals surface area contributed by atoms with Gasteiger partial charge in [-0.3, -0.25) is 4.79 Å². The molecule has 0 aromatic rings. The van der Waals surface area contributed by atoms with Crippen LogP contribution in [0.2, 0.25) is 0 Å². The number of nitriles is 1. The second kappa shape index (κ2) is 5.06. The van der Waals surface area contributed by atoms with Crippen molar-refractivity contribution in [1.82, 2.24) is 4.90 Å². The summed E-state index contributed by atoms with van der Waals surface area (Å²) in [6, 6.07) is 2.20. The molecule has 3 heteroatoms. The molecule has 0 saturated heterocycles. The topological polar surface area (TPSA) is 44.1 Å². The molecule has 3 nitrogen and oxygen atoms in total. The fourth-order valence-corrected chi connectivity index (χ4v) is 5.59. The van der Waals surface area contributed by atoms with E-state index < -0.39 is 0 Å². The van der Waals surface area contributed by atoms with Gasteiger partial charge in [-0.05, 0) is 70.1 Å². The molecule has 110 valence electrons. The lowest BCUT2D eigenvalue weighted by atomic mass is 9.52. The van der Waals surface area contributed by atoms with E-state index in [1.54, 1.807) is 0 Å². The minimum atomic E-state index is -0.162. The molecule has 4 rings (SSSR count). The van der Waals surface area contributed by atoms with Crippen LogP contribution in [0.15, 0.2) is 0 Å². The molecule has 4 aliphatic carbocycles. The van der Waals surface area contributed by atoms with E-state index >= 15 is 0 Å². The van der Waals surface area contributed by atoms with Crippen molar-refractivity contribution in [3.05, 3.63) is 0 Å². The van der Waals surface area contributed by atoms with E-state index in [0.717, 1.165) is 24.3 Å². The zero-order chi connectivity index (χ0) is 14.3. The Labute approximate surface area is 122 Å². The van der Waals surface area contributed by atoms with Gasteiger partial charge < -0.3 is 4.90 Å². The van der Waals surface area contributed by atoms with Crippen LogP contribution in [-0.4, -0.2) is 22.9 Å². The summed E-state index contributed by atoms with van der Waals surface area (Å²) in [4.78, 5) is 14.8. The predicted molar refractivity (Wildman–Crippen MR) is 77.7 cm³/mol. The van der Waals surface area contributed by atoms with Crippen LogP contribution in [0.3, 0.4) is 0 Å². The molecule has 4 aliphatic rings. The zero-order valence-electron chi connectivity index (χ0n) is 12.8. The molecule has 1 unspecified atom stereocenters. The first-order valence-electron chi connectivity index (χ1n) is 8.26. The van der Waals surface area contributed by atoms with Crippen LogP contribution in [0.4, 0.5) is 0 Å². The summed E-state index contributed by atoms with van der Waals surface area (Å²) in [6.45, 7) is 4.77. The summed E-state index contributed by atoms with van der Waals surface area (Å²) < 4.78 is 0. The molecule has 1 atom stereocenters. The van der Waals surface area contributed by atoms with E-state index in [-0.39, 0.29) is 17.4 Å². The van der Waals surface area contributed by atoms with E-state index in [1.165, 1.54) is 38.5 Å². The second-order valence-corrected chi connectivity index (χ2v) is 7.51. The van der Waals surface area contributed by atoms with Crippen molar-refractivity contribution in [2.75, 3.05) is 6.54 Å². The van der Waals surface area contributed by atoms with Gasteiger partial charge in [0.15, 0.2) is 0 Å². The highest BCUT2D eigenvalue weighted by Crippen LogP contribution is 2.57. The smallest absolute Gasteiger partial charge is 0.224 e. The molecule has 0 aromatic heterocycles. The highest BCUT2D eigenvalue weighted by atomic mass is 16.2. The Morgan fingerprint density at radius 2 is 1.75 bits per heavy atom. The Bertz CT molecular complexity index is 401. The largest absolute Gasteiger partial charge is 0.337 e. The van der Waals surface area contributed by atoms with Crippen molar-refractivity contribution < 1.29 is 4.79 Å². The van der Waals surface area contributed by atoms with Crippen molar-refractivity contribution >= 4 is 5.91 Å². The third-order valence-corrected chi connectivity index (χ3v) is 5.90. The molecule has 1 amide bonds. The summed E-state index contributed by atoms with van der Waals surface area (Å²) in [6.07, 6.45) is 8.27. The molecule has 0 heterocycles. The average molecular weight is 274 g/mol. The van der Waals surface area contributed by atoms with Gasteiger partial charge in [0.05, 0.1) is 12.0 Å². The molecule has 0 spiro atoms. The molecule has 0 radical (unpaired) electrons. The highest BCUT2D eigenvalue weighted by Gasteiger charge is 2.54. The molecule has 4 fully saturated rings. The third kappa shape index (κ3) is 2.24. The first-order valence-corrected chi connectivity index (χ1v) is 8.26. The summed E-state index contributed by atoms with van der Waals surface area (Å²) in [5, 5.41) is 8.95. The Hall–Kier alpha value is -1.04. The van der Waals surface area contributed by atoms with E-state index in [0.29, 0.717) is 6.42 Å². The molecule has 4 bridgehead atoms. The quantitative estimate of drug-likeness (QED) is 0.789. The zero-order valence-corrected chi connectivity index (χ0v) is 12.8. The summed E-state index contributed by atoms with van der Waals surface area (Å²) in [7, 11) is 0. The number of amides is 1. The summed E-state index contributed by atoms with van der Waals surface area (Å²) in [5.41, 5.74) is 0.149. The predicted octanol–water partition coefficient (Wildman–Crippen LogP) is 3.35. The normalized spacial score (nSPS) is 39.4. The van der Waals surface area contributed by atoms with E-state index in [2.05, 4.69) is 17.9 Å². The Morgan fingerprint density at radius 1 is 1.25 bits per heavy atom. The molecule has 0 aromatic carbocycles. The number of hydrogen-bond donors (Lipinski definition) is 0. The van der Waals surface area contributed by atoms with Gasteiger partial charge in [0.1, 0.15) is 0 Å². The first-order chi connectivity index (χ1) is 9.56. The second-order valence-electron chi connectivity index (χ2n) is 7.51. The summed E-state index contributed by atoms with van der Waals surface area (Å²) >= 11 is 0. The van der Waals surface area contributed by atoms with Crippen molar-refractivity contribution in [2.45, 2.75) is 64.3 Å². The maximum absolute atomic E-state index is 12.6. The van der Waals surface area contributed by atoms with Crippen molar-refractivity contribution in [3.63, 3.8) is 0 Å². The lowest BCUT2D eigenvalue weighted by molar-refractivity contribution is -0.150. The van der Waals surface area contributed by atoms with Gasteiger partial charge >= 0.3 is 0 Å². The number of carbonyl (C=O) groups is 1. The lowest BCUT2D eigenvalue weighted by Crippen LogP contribution is -2.61. The Kier molecular flexibility index (Phi) is 3.52. The molecule has 0 aliphatic heterocycles. The van der Waals surface area contributed by atoms with E-state index in [9.17, 15) is 4.79 Å². The average Bonchev–Trinajstić information content (AvgIpc) is 2.37. The van der Waals surface area contributed by atoms with Crippen LogP contribution < -0.4 is 0 Å². The number of nitrogens with zero attached hydrogens (tertiary/aromatic N) is 2. The molecule has 4 saturated carbocycles. The molecular formula is C17H26N2O. The highest BCUT2D eigenvalue weighted by molar-refractivity contribution is 5.77. The van der Waals surface area contributed by atoms with Crippen LogP contribution in [0.1, 0.15) is 58.8 Å². The van der Waals surface area contributed by atoms with Crippen LogP contribution in [0, 0.1) is 35.0 Å². The van der Waals surface area contributed by atoms with Crippen LogP contribution in [0.5, 0.6) is 0 Å².